The number of nitrogens with zero attached hydrogens (tertiary/aromatic N) is 2. The predicted octanol–water partition coefficient (Wildman–Crippen LogP) is 4.71. The van der Waals surface area contributed by atoms with Crippen molar-refractivity contribution >= 4 is 51.9 Å². The minimum absolute atomic E-state index is 0.144. The number of carboxylic acids is 1. The first-order valence-corrected chi connectivity index (χ1v) is 11.0. The summed E-state index contributed by atoms with van der Waals surface area (Å²) in [4.78, 5) is 35.3. The highest BCUT2D eigenvalue weighted by molar-refractivity contribution is 8.26. The molecule has 1 heterocycles. The number of carboxylic acid groups (broad SMARTS) is 1. The topological polar surface area (TPSA) is 121 Å². The second-order valence-electron chi connectivity index (χ2n) is 6.95. The van der Waals surface area contributed by atoms with Crippen molar-refractivity contribution in [3.63, 3.8) is 0 Å². The Morgan fingerprint density at radius 3 is 2.43 bits per heavy atom. The molecule has 8 nitrogen and oxygen atoms in total. The smallest absolute Gasteiger partial charge is 0.303 e. The number of nitro groups is 1. The van der Waals surface area contributed by atoms with Crippen LogP contribution in [0.1, 0.15) is 56.9 Å². The number of unbranched alkanes of at least 4 members (excludes halogenated alkanes) is 6. The largest absolute Gasteiger partial charge is 0.507 e. The summed E-state index contributed by atoms with van der Waals surface area (Å²) in [6, 6.07) is 3.65. The number of thioether (sulfide) groups is 1. The fraction of sp³-hybridized carbons (Fsp3) is 0.450. The molecule has 10 heteroatoms. The monoisotopic (exact) mass is 452 g/mol. The highest BCUT2D eigenvalue weighted by atomic mass is 32.2. The van der Waals surface area contributed by atoms with Crippen molar-refractivity contribution in [1.82, 2.24) is 4.90 Å². The molecule has 0 aromatic heterocycles. The standard InChI is InChI=1S/C20H24N2O6S2/c23-16-10-9-15(22(27)28)12-14(16)13-17-19(26)21(20(29)30-17)11-7-5-3-1-2-4-6-8-18(24)25/h9-10,12-13,23H,1-8,11H2,(H,24,25)/b17-13-. The van der Waals surface area contributed by atoms with E-state index in [2.05, 4.69) is 0 Å². The first kappa shape index (κ1) is 23.8. The molecular weight excluding hydrogens is 428 g/mol. The molecule has 0 spiro atoms. The van der Waals surface area contributed by atoms with Crippen molar-refractivity contribution in [2.24, 2.45) is 0 Å². The molecule has 0 unspecified atom stereocenters. The lowest BCUT2D eigenvalue weighted by Gasteiger charge is -2.14. The molecule has 1 aromatic carbocycles. The fourth-order valence-corrected chi connectivity index (χ4v) is 4.33. The van der Waals surface area contributed by atoms with E-state index in [9.17, 15) is 24.8 Å². The molecule has 1 aliphatic rings. The van der Waals surface area contributed by atoms with Crippen LogP contribution in [0.15, 0.2) is 23.1 Å². The van der Waals surface area contributed by atoms with Gasteiger partial charge in [0.15, 0.2) is 0 Å². The summed E-state index contributed by atoms with van der Waals surface area (Å²) in [7, 11) is 0. The van der Waals surface area contributed by atoms with Crippen LogP contribution in [-0.2, 0) is 9.59 Å². The molecule has 1 saturated heterocycles. The van der Waals surface area contributed by atoms with E-state index >= 15 is 0 Å². The second-order valence-corrected chi connectivity index (χ2v) is 8.63. The maximum Gasteiger partial charge on any atom is 0.303 e. The van der Waals surface area contributed by atoms with Crippen LogP contribution in [0.5, 0.6) is 5.75 Å². The van der Waals surface area contributed by atoms with Gasteiger partial charge in [0.2, 0.25) is 0 Å². The van der Waals surface area contributed by atoms with Gasteiger partial charge in [-0.25, -0.2) is 0 Å². The van der Waals surface area contributed by atoms with Crippen LogP contribution in [0, 0.1) is 10.1 Å². The molecule has 0 atom stereocenters. The number of rotatable bonds is 12. The lowest BCUT2D eigenvalue weighted by Crippen LogP contribution is -2.29. The van der Waals surface area contributed by atoms with Crippen LogP contribution >= 0.6 is 24.0 Å². The molecular formula is C20H24N2O6S2. The van der Waals surface area contributed by atoms with Crippen LogP contribution in [0.2, 0.25) is 0 Å². The normalized spacial score (nSPS) is 15.2. The summed E-state index contributed by atoms with van der Waals surface area (Å²) in [5.41, 5.74) is 0.0325. The van der Waals surface area contributed by atoms with Gasteiger partial charge in [-0.3, -0.25) is 24.6 Å². The zero-order chi connectivity index (χ0) is 22.1. The van der Waals surface area contributed by atoms with E-state index in [1.807, 2.05) is 0 Å². The van der Waals surface area contributed by atoms with Gasteiger partial charge in [0.1, 0.15) is 10.1 Å². The van der Waals surface area contributed by atoms with E-state index in [0.29, 0.717) is 22.2 Å². The average molecular weight is 453 g/mol. The minimum atomic E-state index is -0.756. The maximum atomic E-state index is 12.6. The SMILES string of the molecule is O=C(O)CCCCCCCCCN1C(=O)/C(=C/c2cc([N+](=O)[O-])ccc2O)SC1=S. The Bertz CT molecular complexity index is 856. The predicted molar refractivity (Wildman–Crippen MR) is 119 cm³/mol. The zero-order valence-corrected chi connectivity index (χ0v) is 18.0. The van der Waals surface area contributed by atoms with E-state index in [1.54, 1.807) is 0 Å². The van der Waals surface area contributed by atoms with Gasteiger partial charge >= 0.3 is 5.97 Å². The molecule has 0 aliphatic carbocycles. The van der Waals surface area contributed by atoms with Gasteiger partial charge in [-0.1, -0.05) is 56.1 Å². The van der Waals surface area contributed by atoms with Crippen molar-refractivity contribution < 1.29 is 24.7 Å². The number of benzene rings is 1. The van der Waals surface area contributed by atoms with Crippen LogP contribution in [0.3, 0.4) is 0 Å². The average Bonchev–Trinajstić information content (AvgIpc) is 2.95. The summed E-state index contributed by atoms with van der Waals surface area (Å²) in [5, 5.41) is 29.5. The molecule has 2 rings (SSSR count). The Balaban J connectivity index is 1.81. The van der Waals surface area contributed by atoms with Crippen molar-refractivity contribution in [3.8, 4) is 5.75 Å². The Hall–Kier alpha value is -2.46. The first-order valence-electron chi connectivity index (χ1n) is 9.74. The number of carbonyl (C=O) groups excluding carboxylic acids is 1. The van der Waals surface area contributed by atoms with Crippen LogP contribution in [-0.4, -0.2) is 42.8 Å². The van der Waals surface area contributed by atoms with Gasteiger partial charge in [0.25, 0.3) is 11.6 Å². The molecule has 1 fully saturated rings. The molecule has 1 aromatic rings. The second kappa shape index (κ2) is 11.7. The fourth-order valence-electron chi connectivity index (χ4n) is 3.04. The van der Waals surface area contributed by atoms with Gasteiger partial charge < -0.3 is 10.2 Å². The Morgan fingerprint density at radius 1 is 1.17 bits per heavy atom. The number of amides is 1. The molecule has 1 amide bonds. The molecule has 0 bridgehead atoms. The molecule has 1 aliphatic heterocycles. The van der Waals surface area contributed by atoms with Gasteiger partial charge in [-0.15, -0.1) is 0 Å². The highest BCUT2D eigenvalue weighted by Gasteiger charge is 2.31. The quantitative estimate of drug-likeness (QED) is 0.154. The Labute approximate surface area is 184 Å². The summed E-state index contributed by atoms with van der Waals surface area (Å²) in [6.45, 7) is 0.502. The lowest BCUT2D eigenvalue weighted by atomic mass is 10.1. The number of nitro benzene ring substituents is 1. The Kier molecular flexibility index (Phi) is 9.25. The summed E-state index contributed by atoms with van der Waals surface area (Å²) >= 11 is 6.41. The first-order chi connectivity index (χ1) is 14.3. The van der Waals surface area contributed by atoms with Crippen LogP contribution in [0.25, 0.3) is 6.08 Å². The Morgan fingerprint density at radius 2 is 1.80 bits per heavy atom. The minimum Gasteiger partial charge on any atom is -0.507 e. The number of phenolic OH excluding ortho intramolecular Hbond substituents is 1. The molecule has 2 N–H and O–H groups in total. The molecule has 0 radical (unpaired) electrons. The third-order valence-corrected chi connectivity index (χ3v) is 6.03. The highest BCUT2D eigenvalue weighted by Crippen LogP contribution is 2.35. The number of thiocarbonyl (C=S) groups is 1. The van der Waals surface area contributed by atoms with Crippen molar-refractivity contribution in [2.75, 3.05) is 6.54 Å². The van der Waals surface area contributed by atoms with E-state index in [1.165, 1.54) is 29.2 Å². The number of hydrogen-bond acceptors (Lipinski definition) is 7. The van der Waals surface area contributed by atoms with Crippen molar-refractivity contribution in [1.29, 1.82) is 0 Å². The molecule has 162 valence electrons. The summed E-state index contributed by atoms with van der Waals surface area (Å²) in [6.07, 6.45) is 8.06. The number of non-ortho nitro benzene ring substituents is 1. The number of hydrogen-bond donors (Lipinski definition) is 2. The van der Waals surface area contributed by atoms with E-state index in [-0.39, 0.29) is 29.3 Å². The number of aliphatic carboxylic acids is 1. The van der Waals surface area contributed by atoms with Crippen molar-refractivity contribution in [3.05, 3.63) is 38.8 Å². The molecule has 30 heavy (non-hydrogen) atoms. The van der Waals surface area contributed by atoms with Gasteiger partial charge in [0.05, 0.1) is 9.83 Å². The lowest BCUT2D eigenvalue weighted by molar-refractivity contribution is -0.384. The van der Waals surface area contributed by atoms with Crippen LogP contribution < -0.4 is 0 Å². The van der Waals surface area contributed by atoms with E-state index in [4.69, 9.17) is 17.3 Å². The number of phenols is 1. The van der Waals surface area contributed by atoms with Crippen molar-refractivity contribution in [2.45, 2.75) is 51.4 Å². The zero-order valence-electron chi connectivity index (χ0n) is 16.4. The van der Waals surface area contributed by atoms with Gasteiger partial charge in [-0.05, 0) is 25.0 Å². The van der Waals surface area contributed by atoms with E-state index in [0.717, 1.165) is 50.3 Å². The molecule has 0 saturated carbocycles. The number of aromatic hydroxyl groups is 1. The summed E-state index contributed by atoms with van der Waals surface area (Å²) in [5.74, 6) is -1.16. The van der Waals surface area contributed by atoms with E-state index < -0.39 is 10.9 Å². The number of carbonyl (C=O) groups is 2. The van der Waals surface area contributed by atoms with Gasteiger partial charge in [0, 0.05) is 30.7 Å². The van der Waals surface area contributed by atoms with Gasteiger partial charge in [-0.2, -0.15) is 0 Å². The third-order valence-electron chi connectivity index (χ3n) is 4.65. The van der Waals surface area contributed by atoms with Crippen LogP contribution in [0.4, 0.5) is 5.69 Å². The maximum absolute atomic E-state index is 12.6. The summed E-state index contributed by atoms with van der Waals surface area (Å²) < 4.78 is 0.435. The third kappa shape index (κ3) is 7.10.